The molecule has 4 heteroatoms. The van der Waals surface area contributed by atoms with Crippen LogP contribution in [0.25, 0.3) is 20.5 Å². The van der Waals surface area contributed by atoms with Crippen LogP contribution in [0.1, 0.15) is 5.56 Å². The van der Waals surface area contributed by atoms with Crippen LogP contribution in [0.3, 0.4) is 0 Å². The fourth-order valence-electron chi connectivity index (χ4n) is 2.86. The molecule has 136 valence electrons. The Morgan fingerprint density at radius 3 is 2.33 bits per heavy atom. The molecule has 0 fully saturated rings. The number of hydrogen-bond donors (Lipinski definition) is 1. The normalized spacial score (nSPS) is 10.9. The number of aliphatic hydroxyl groups is 1. The molecule has 3 aromatic carbocycles. The van der Waals surface area contributed by atoms with Gasteiger partial charge in [0, 0.05) is 9.58 Å². The fourth-order valence-corrected chi connectivity index (χ4v) is 3.96. The van der Waals surface area contributed by atoms with Crippen molar-refractivity contribution in [2.45, 2.75) is 6.61 Å². The van der Waals surface area contributed by atoms with Crippen LogP contribution in [-0.4, -0.2) is 18.3 Å². The van der Waals surface area contributed by atoms with Crippen molar-refractivity contribution in [1.82, 2.24) is 0 Å². The molecule has 0 aliphatic heterocycles. The van der Waals surface area contributed by atoms with E-state index in [4.69, 9.17) is 14.6 Å². The Morgan fingerprint density at radius 2 is 1.56 bits per heavy atom. The molecular weight excluding hydrogens is 356 g/mol. The number of fused-ring (bicyclic) bond motifs is 1. The first kappa shape index (κ1) is 17.6. The molecular formula is C23H20O3S. The summed E-state index contributed by atoms with van der Waals surface area (Å²) in [7, 11) is 0. The van der Waals surface area contributed by atoms with Crippen molar-refractivity contribution in [2.24, 2.45) is 0 Å². The van der Waals surface area contributed by atoms with E-state index in [1.165, 1.54) is 15.0 Å². The van der Waals surface area contributed by atoms with Gasteiger partial charge in [0.15, 0.2) is 0 Å². The molecule has 1 aromatic heterocycles. The van der Waals surface area contributed by atoms with Crippen molar-refractivity contribution in [3.63, 3.8) is 0 Å². The van der Waals surface area contributed by atoms with Crippen LogP contribution in [-0.2, 0) is 6.61 Å². The van der Waals surface area contributed by atoms with Crippen LogP contribution in [0.5, 0.6) is 11.5 Å². The molecule has 0 spiro atoms. The summed E-state index contributed by atoms with van der Waals surface area (Å²) in [6.07, 6.45) is 0. The van der Waals surface area contributed by atoms with Crippen LogP contribution in [0.2, 0.25) is 0 Å². The van der Waals surface area contributed by atoms with Gasteiger partial charge in [-0.15, -0.1) is 11.3 Å². The van der Waals surface area contributed by atoms with Crippen LogP contribution >= 0.6 is 11.3 Å². The number of ether oxygens (including phenoxy) is 2. The number of benzene rings is 3. The smallest absolute Gasteiger partial charge is 0.121 e. The molecule has 0 radical (unpaired) electrons. The molecule has 27 heavy (non-hydrogen) atoms. The number of thiophene rings is 1. The molecule has 0 bridgehead atoms. The lowest BCUT2D eigenvalue weighted by Crippen LogP contribution is -2.01. The largest absolute Gasteiger partial charge is 0.491 e. The summed E-state index contributed by atoms with van der Waals surface area (Å²) in [6.45, 7) is 0.903. The summed E-state index contributed by atoms with van der Waals surface area (Å²) in [5.41, 5.74) is 2.31. The van der Waals surface area contributed by atoms with Crippen molar-refractivity contribution >= 4 is 21.4 Å². The van der Waals surface area contributed by atoms with Gasteiger partial charge in [-0.25, -0.2) is 0 Å². The van der Waals surface area contributed by atoms with Gasteiger partial charge in [0.2, 0.25) is 0 Å². The lowest BCUT2D eigenvalue weighted by atomic mass is 10.1. The van der Waals surface area contributed by atoms with E-state index in [0.29, 0.717) is 13.2 Å². The van der Waals surface area contributed by atoms with Gasteiger partial charge >= 0.3 is 0 Å². The molecule has 0 aliphatic rings. The zero-order valence-corrected chi connectivity index (χ0v) is 15.6. The Hall–Kier alpha value is -2.82. The first-order chi connectivity index (χ1) is 13.3. The van der Waals surface area contributed by atoms with E-state index in [-0.39, 0.29) is 6.61 Å². The molecule has 4 rings (SSSR count). The third kappa shape index (κ3) is 4.30. The van der Waals surface area contributed by atoms with Crippen molar-refractivity contribution in [1.29, 1.82) is 0 Å². The number of hydrogen-bond acceptors (Lipinski definition) is 4. The van der Waals surface area contributed by atoms with Crippen LogP contribution in [0.15, 0.2) is 78.9 Å². The topological polar surface area (TPSA) is 38.7 Å². The molecule has 0 aliphatic carbocycles. The lowest BCUT2D eigenvalue weighted by molar-refractivity contribution is 0.201. The van der Waals surface area contributed by atoms with Gasteiger partial charge in [0.25, 0.3) is 0 Å². The summed E-state index contributed by atoms with van der Waals surface area (Å²) < 4.78 is 12.6. The predicted octanol–water partition coefficient (Wildman–Crippen LogP) is 5.52. The summed E-state index contributed by atoms with van der Waals surface area (Å²) >= 11 is 1.75. The van der Waals surface area contributed by atoms with Crippen LogP contribution < -0.4 is 9.47 Å². The Balaban J connectivity index is 1.50. The van der Waals surface area contributed by atoms with Crippen molar-refractivity contribution in [3.8, 4) is 21.9 Å². The van der Waals surface area contributed by atoms with E-state index < -0.39 is 0 Å². The Bertz CT molecular complexity index is 1010. The van der Waals surface area contributed by atoms with Gasteiger partial charge in [-0.2, -0.15) is 0 Å². The van der Waals surface area contributed by atoms with Crippen molar-refractivity contribution < 1.29 is 14.6 Å². The zero-order valence-electron chi connectivity index (χ0n) is 14.8. The van der Waals surface area contributed by atoms with Gasteiger partial charge in [-0.1, -0.05) is 30.3 Å². The summed E-state index contributed by atoms with van der Waals surface area (Å²) in [5.74, 6) is 1.65. The summed E-state index contributed by atoms with van der Waals surface area (Å²) in [4.78, 5) is 1.21. The second-order valence-electron chi connectivity index (χ2n) is 6.18. The van der Waals surface area contributed by atoms with Crippen LogP contribution in [0.4, 0.5) is 0 Å². The van der Waals surface area contributed by atoms with E-state index in [2.05, 4.69) is 30.3 Å². The maximum absolute atomic E-state index is 8.83. The van der Waals surface area contributed by atoms with Gasteiger partial charge in [-0.3, -0.25) is 0 Å². The van der Waals surface area contributed by atoms with E-state index >= 15 is 0 Å². The zero-order chi connectivity index (χ0) is 18.5. The maximum Gasteiger partial charge on any atom is 0.121 e. The van der Waals surface area contributed by atoms with Gasteiger partial charge in [0.1, 0.15) is 24.7 Å². The number of rotatable bonds is 7. The van der Waals surface area contributed by atoms with Crippen molar-refractivity contribution in [3.05, 3.63) is 84.4 Å². The van der Waals surface area contributed by atoms with E-state index in [9.17, 15) is 0 Å². The van der Waals surface area contributed by atoms with E-state index in [1.54, 1.807) is 11.3 Å². The van der Waals surface area contributed by atoms with Crippen LogP contribution in [0, 0.1) is 0 Å². The number of aliphatic hydroxyl groups excluding tert-OH is 1. The molecule has 4 aromatic rings. The highest BCUT2D eigenvalue weighted by Crippen LogP contribution is 2.36. The summed E-state index contributed by atoms with van der Waals surface area (Å²) in [6, 6.07) is 26.6. The molecule has 0 saturated heterocycles. The highest BCUT2D eigenvalue weighted by atomic mass is 32.1. The summed E-state index contributed by atoms with van der Waals surface area (Å²) in [5, 5.41) is 10.0. The quantitative estimate of drug-likeness (QED) is 0.462. The van der Waals surface area contributed by atoms with Crippen molar-refractivity contribution in [2.75, 3.05) is 13.2 Å². The molecule has 0 unspecified atom stereocenters. The maximum atomic E-state index is 8.83. The fraction of sp³-hybridized carbons (Fsp3) is 0.130. The molecule has 0 atom stereocenters. The third-order valence-corrected chi connectivity index (χ3v) is 5.39. The standard InChI is InChI=1S/C23H20O3S/c24-12-13-25-20-9-6-18(7-10-20)22-14-19-8-11-21(15-23(19)27-22)26-16-17-4-2-1-3-5-17/h1-11,14-15,24H,12-13,16H2. The van der Waals surface area contributed by atoms with E-state index in [1.807, 2.05) is 48.5 Å². The van der Waals surface area contributed by atoms with E-state index in [0.717, 1.165) is 22.6 Å². The first-order valence-corrected chi connectivity index (χ1v) is 9.68. The first-order valence-electron chi connectivity index (χ1n) is 8.86. The molecule has 1 N–H and O–H groups in total. The lowest BCUT2D eigenvalue weighted by Gasteiger charge is -2.06. The molecule has 0 saturated carbocycles. The SMILES string of the molecule is OCCOc1ccc(-c2cc3ccc(OCc4ccccc4)cc3s2)cc1. The van der Waals surface area contributed by atoms with Gasteiger partial charge in [-0.05, 0) is 65.0 Å². The predicted molar refractivity (Wildman–Crippen MR) is 111 cm³/mol. The highest BCUT2D eigenvalue weighted by Gasteiger charge is 2.06. The minimum Gasteiger partial charge on any atom is -0.491 e. The minimum atomic E-state index is 0.0206. The highest BCUT2D eigenvalue weighted by molar-refractivity contribution is 7.22. The second kappa shape index (κ2) is 8.25. The molecule has 0 amide bonds. The average molecular weight is 376 g/mol. The van der Waals surface area contributed by atoms with Gasteiger partial charge < -0.3 is 14.6 Å². The Morgan fingerprint density at radius 1 is 0.778 bits per heavy atom. The third-order valence-electron chi connectivity index (χ3n) is 4.24. The second-order valence-corrected chi connectivity index (χ2v) is 7.26. The molecule has 3 nitrogen and oxygen atoms in total. The Kier molecular flexibility index (Phi) is 5.37. The Labute approximate surface area is 162 Å². The van der Waals surface area contributed by atoms with Gasteiger partial charge in [0.05, 0.1) is 6.61 Å². The minimum absolute atomic E-state index is 0.0206. The molecule has 1 heterocycles. The average Bonchev–Trinajstić information content (AvgIpc) is 3.15. The monoisotopic (exact) mass is 376 g/mol.